The van der Waals surface area contributed by atoms with Gasteiger partial charge in [0.05, 0.1) is 18.3 Å². The predicted octanol–water partition coefficient (Wildman–Crippen LogP) is 1.45. The summed E-state index contributed by atoms with van der Waals surface area (Å²) in [4.78, 5) is 12.4. The van der Waals surface area contributed by atoms with Crippen LogP contribution in [0.1, 0.15) is 23.6 Å². The molecule has 0 radical (unpaired) electrons. The van der Waals surface area contributed by atoms with Crippen molar-refractivity contribution in [1.29, 1.82) is 0 Å². The molecule has 0 bridgehead atoms. The van der Waals surface area contributed by atoms with Crippen molar-refractivity contribution in [3.63, 3.8) is 0 Å². The second kappa shape index (κ2) is 6.51. The van der Waals surface area contributed by atoms with Crippen LogP contribution in [0, 0.1) is 6.92 Å². The average Bonchev–Trinajstić information content (AvgIpc) is 3.23. The van der Waals surface area contributed by atoms with Crippen molar-refractivity contribution >= 4 is 5.91 Å². The van der Waals surface area contributed by atoms with E-state index in [0.29, 0.717) is 6.42 Å². The molecule has 7 heteroatoms. The molecule has 25 heavy (non-hydrogen) atoms. The zero-order valence-electron chi connectivity index (χ0n) is 14.1. The number of rotatable bonds is 4. The fraction of sp³-hybridized carbons (Fsp3) is 0.333. The number of hydrogen-bond donors (Lipinski definition) is 1. The van der Waals surface area contributed by atoms with Gasteiger partial charge in [-0.3, -0.25) is 4.79 Å². The van der Waals surface area contributed by atoms with Crippen LogP contribution < -0.4 is 5.32 Å². The molecule has 1 N–H and O–H groups in total. The molecule has 1 unspecified atom stereocenters. The van der Waals surface area contributed by atoms with Gasteiger partial charge in [0.25, 0.3) is 0 Å². The van der Waals surface area contributed by atoms with Gasteiger partial charge in [0.15, 0.2) is 0 Å². The molecular formula is C18H20N6O. The number of amides is 1. The van der Waals surface area contributed by atoms with Gasteiger partial charge in [-0.25, -0.2) is 4.68 Å². The second-order valence-corrected chi connectivity index (χ2v) is 6.38. The number of aromatic nitrogens is 5. The first-order valence-electron chi connectivity index (χ1n) is 8.46. The summed E-state index contributed by atoms with van der Waals surface area (Å²) >= 11 is 0. The van der Waals surface area contributed by atoms with E-state index in [-0.39, 0.29) is 11.9 Å². The van der Waals surface area contributed by atoms with E-state index < -0.39 is 0 Å². The number of nitrogens with one attached hydrogen (secondary N) is 1. The number of fused-ring (bicyclic) bond motifs is 1. The third kappa shape index (κ3) is 3.31. The highest BCUT2D eigenvalue weighted by Gasteiger charge is 2.22. The summed E-state index contributed by atoms with van der Waals surface area (Å²) in [6.45, 7) is 2.68. The summed E-state index contributed by atoms with van der Waals surface area (Å²) in [7, 11) is 0. The Morgan fingerprint density at radius 3 is 2.96 bits per heavy atom. The number of hydrogen-bond acceptors (Lipinski definition) is 4. The number of aryl methyl sites for hydroxylation is 2. The van der Waals surface area contributed by atoms with Crippen LogP contribution in [0.5, 0.6) is 0 Å². The van der Waals surface area contributed by atoms with Crippen molar-refractivity contribution in [3.05, 3.63) is 59.9 Å². The minimum absolute atomic E-state index is 0.0202. The Hall–Kier alpha value is -2.96. The van der Waals surface area contributed by atoms with E-state index in [1.807, 2.05) is 43.5 Å². The molecule has 1 atom stereocenters. The van der Waals surface area contributed by atoms with Crippen LogP contribution in [0.15, 0.2) is 42.7 Å². The molecule has 7 nitrogen and oxygen atoms in total. The van der Waals surface area contributed by atoms with Gasteiger partial charge in [-0.15, -0.1) is 10.2 Å². The van der Waals surface area contributed by atoms with Crippen molar-refractivity contribution < 1.29 is 4.79 Å². The molecule has 0 saturated heterocycles. The second-order valence-electron chi connectivity index (χ2n) is 6.38. The van der Waals surface area contributed by atoms with Gasteiger partial charge < -0.3 is 9.88 Å². The summed E-state index contributed by atoms with van der Waals surface area (Å²) in [6.07, 6.45) is 5.72. The van der Waals surface area contributed by atoms with Crippen LogP contribution in [0.2, 0.25) is 0 Å². The largest absolute Gasteiger partial charge is 0.351 e. The molecule has 3 heterocycles. The molecule has 0 saturated carbocycles. The number of benzene rings is 1. The van der Waals surface area contributed by atoms with E-state index in [0.717, 1.165) is 42.3 Å². The average molecular weight is 336 g/mol. The molecular weight excluding hydrogens is 316 g/mol. The lowest BCUT2D eigenvalue weighted by Gasteiger charge is -2.24. The lowest BCUT2D eigenvalue weighted by Crippen LogP contribution is -2.41. The van der Waals surface area contributed by atoms with Gasteiger partial charge in [0.1, 0.15) is 11.6 Å². The monoisotopic (exact) mass is 336 g/mol. The first kappa shape index (κ1) is 15.6. The molecule has 0 aliphatic carbocycles. The van der Waals surface area contributed by atoms with E-state index in [2.05, 4.69) is 25.2 Å². The standard InChI is InChI=1S/C18H20N6O/c1-13-21-22-17-8-7-15(12-23(13)17)20-18(25)9-14-10-19-24(11-14)16-5-3-2-4-6-16/h2-6,10-11,15H,7-9,12H2,1H3,(H,20,25). The molecule has 1 aliphatic rings. The van der Waals surface area contributed by atoms with Crippen molar-refractivity contribution in [2.75, 3.05) is 0 Å². The van der Waals surface area contributed by atoms with Gasteiger partial charge in [-0.2, -0.15) is 5.10 Å². The van der Waals surface area contributed by atoms with Gasteiger partial charge in [-0.05, 0) is 31.0 Å². The number of para-hydroxylation sites is 1. The molecule has 3 aromatic rings. The normalized spacial score (nSPS) is 16.4. The zero-order chi connectivity index (χ0) is 17.2. The summed E-state index contributed by atoms with van der Waals surface area (Å²) in [5.74, 6) is 1.93. The lowest BCUT2D eigenvalue weighted by molar-refractivity contribution is -0.121. The minimum atomic E-state index is 0.0202. The van der Waals surface area contributed by atoms with Crippen molar-refractivity contribution in [3.8, 4) is 5.69 Å². The predicted molar refractivity (Wildman–Crippen MR) is 92.3 cm³/mol. The fourth-order valence-electron chi connectivity index (χ4n) is 3.22. The molecule has 1 amide bonds. The van der Waals surface area contributed by atoms with Crippen molar-refractivity contribution in [2.45, 2.75) is 38.8 Å². The number of carbonyl (C=O) groups excluding carboxylic acids is 1. The van der Waals surface area contributed by atoms with E-state index in [1.165, 1.54) is 0 Å². The first-order chi connectivity index (χ1) is 12.2. The molecule has 0 fully saturated rings. The SMILES string of the molecule is Cc1nnc2n1CC(NC(=O)Cc1cnn(-c3ccccc3)c1)CC2. The Bertz CT molecular complexity index is 882. The maximum atomic E-state index is 12.4. The number of nitrogens with zero attached hydrogens (tertiary/aromatic N) is 5. The molecule has 0 spiro atoms. The maximum Gasteiger partial charge on any atom is 0.224 e. The Kier molecular flexibility index (Phi) is 4.05. The highest BCUT2D eigenvalue weighted by atomic mass is 16.1. The molecule has 4 rings (SSSR count). The Balaban J connectivity index is 1.37. The van der Waals surface area contributed by atoms with Gasteiger partial charge >= 0.3 is 0 Å². The van der Waals surface area contributed by atoms with Gasteiger partial charge in [0.2, 0.25) is 5.91 Å². The summed E-state index contributed by atoms with van der Waals surface area (Å²) < 4.78 is 3.87. The molecule has 1 aliphatic heterocycles. The van der Waals surface area contributed by atoms with E-state index >= 15 is 0 Å². The smallest absolute Gasteiger partial charge is 0.224 e. The first-order valence-corrected chi connectivity index (χ1v) is 8.46. The van der Waals surface area contributed by atoms with Gasteiger partial charge in [0, 0.05) is 25.2 Å². The third-order valence-electron chi connectivity index (χ3n) is 4.52. The van der Waals surface area contributed by atoms with E-state index in [9.17, 15) is 4.79 Å². The van der Waals surface area contributed by atoms with Crippen LogP contribution >= 0.6 is 0 Å². The third-order valence-corrected chi connectivity index (χ3v) is 4.52. The quantitative estimate of drug-likeness (QED) is 0.782. The van der Waals surface area contributed by atoms with E-state index in [4.69, 9.17) is 0 Å². The highest BCUT2D eigenvalue weighted by molar-refractivity contribution is 5.78. The summed E-state index contributed by atoms with van der Waals surface area (Å²) in [6, 6.07) is 9.99. The Morgan fingerprint density at radius 2 is 2.12 bits per heavy atom. The van der Waals surface area contributed by atoms with Crippen LogP contribution in [-0.2, 0) is 24.2 Å². The molecule has 2 aromatic heterocycles. The van der Waals surface area contributed by atoms with Crippen molar-refractivity contribution in [1.82, 2.24) is 29.9 Å². The van der Waals surface area contributed by atoms with Crippen LogP contribution in [-0.4, -0.2) is 36.5 Å². The summed E-state index contributed by atoms with van der Waals surface area (Å²) in [5, 5.41) is 15.7. The Labute approximate surface area is 145 Å². The lowest BCUT2D eigenvalue weighted by atomic mass is 10.1. The Morgan fingerprint density at radius 1 is 1.28 bits per heavy atom. The minimum Gasteiger partial charge on any atom is -0.351 e. The molecule has 128 valence electrons. The molecule has 1 aromatic carbocycles. The maximum absolute atomic E-state index is 12.4. The van der Waals surface area contributed by atoms with Gasteiger partial charge in [-0.1, -0.05) is 18.2 Å². The highest BCUT2D eigenvalue weighted by Crippen LogP contribution is 2.15. The fourth-order valence-corrected chi connectivity index (χ4v) is 3.22. The van der Waals surface area contributed by atoms with Crippen LogP contribution in [0.3, 0.4) is 0 Å². The van der Waals surface area contributed by atoms with Crippen LogP contribution in [0.4, 0.5) is 0 Å². The zero-order valence-corrected chi connectivity index (χ0v) is 14.1. The van der Waals surface area contributed by atoms with Crippen LogP contribution in [0.25, 0.3) is 5.69 Å². The topological polar surface area (TPSA) is 77.6 Å². The van der Waals surface area contributed by atoms with E-state index in [1.54, 1.807) is 10.9 Å². The van der Waals surface area contributed by atoms with Crippen molar-refractivity contribution in [2.24, 2.45) is 0 Å². The summed E-state index contributed by atoms with van der Waals surface area (Å²) in [5.41, 5.74) is 1.88. The number of carbonyl (C=O) groups is 1.